The van der Waals surface area contributed by atoms with E-state index in [4.69, 9.17) is 4.98 Å². The van der Waals surface area contributed by atoms with E-state index in [-0.39, 0.29) is 24.2 Å². The highest BCUT2D eigenvalue weighted by molar-refractivity contribution is 6.10. The number of fused-ring (bicyclic) bond motifs is 2. The van der Waals surface area contributed by atoms with Crippen LogP contribution in [0.3, 0.4) is 0 Å². The largest absolute Gasteiger partial charge is 0.354 e. The molecule has 0 radical (unpaired) electrons. The van der Waals surface area contributed by atoms with Crippen LogP contribution < -0.4 is 16.0 Å². The Morgan fingerprint density at radius 2 is 1.87 bits per heavy atom. The van der Waals surface area contributed by atoms with Gasteiger partial charge in [0.05, 0.1) is 28.7 Å². The van der Waals surface area contributed by atoms with Crippen molar-refractivity contribution < 1.29 is 14.4 Å². The van der Waals surface area contributed by atoms with Gasteiger partial charge in [-0.1, -0.05) is 38.1 Å². The Hall–Kier alpha value is -3.68. The SMILES string of the molecule is CC(C)c1nc2ccccc2n1CCNC(=O)C[C@H]1NC(=O)c2ccccc2NC1=O. The van der Waals surface area contributed by atoms with Crippen LogP contribution in [0.25, 0.3) is 11.0 Å². The van der Waals surface area contributed by atoms with Gasteiger partial charge in [0.25, 0.3) is 5.91 Å². The minimum Gasteiger partial charge on any atom is -0.354 e. The fourth-order valence-electron chi connectivity index (χ4n) is 3.79. The van der Waals surface area contributed by atoms with Crippen molar-refractivity contribution >= 4 is 34.4 Å². The van der Waals surface area contributed by atoms with E-state index in [1.807, 2.05) is 24.3 Å². The van der Waals surface area contributed by atoms with Crippen LogP contribution in [0.2, 0.25) is 0 Å². The molecule has 3 N–H and O–H groups in total. The highest BCUT2D eigenvalue weighted by Crippen LogP contribution is 2.21. The lowest BCUT2D eigenvalue weighted by Crippen LogP contribution is -2.44. The number of nitrogens with one attached hydrogen (secondary N) is 3. The second-order valence-electron chi connectivity index (χ2n) is 7.88. The summed E-state index contributed by atoms with van der Waals surface area (Å²) in [7, 11) is 0. The molecule has 0 saturated heterocycles. The molecule has 0 bridgehead atoms. The fraction of sp³-hybridized carbons (Fsp3) is 0.304. The fourth-order valence-corrected chi connectivity index (χ4v) is 3.79. The number of nitrogens with zero attached hydrogens (tertiary/aromatic N) is 2. The molecule has 3 aromatic rings. The van der Waals surface area contributed by atoms with Crippen molar-refractivity contribution in [3.8, 4) is 0 Å². The van der Waals surface area contributed by atoms with E-state index in [2.05, 4.69) is 34.4 Å². The Balaban J connectivity index is 1.38. The van der Waals surface area contributed by atoms with E-state index in [1.165, 1.54) is 0 Å². The number of anilines is 1. The van der Waals surface area contributed by atoms with Gasteiger partial charge in [-0.05, 0) is 24.3 Å². The molecule has 2 heterocycles. The summed E-state index contributed by atoms with van der Waals surface area (Å²) in [6.45, 7) is 5.12. The average Bonchev–Trinajstić information content (AvgIpc) is 3.07. The van der Waals surface area contributed by atoms with Crippen molar-refractivity contribution in [1.82, 2.24) is 20.2 Å². The zero-order valence-electron chi connectivity index (χ0n) is 17.5. The minimum absolute atomic E-state index is 0.132. The van der Waals surface area contributed by atoms with Gasteiger partial charge in [-0.25, -0.2) is 4.98 Å². The summed E-state index contributed by atoms with van der Waals surface area (Å²) in [6.07, 6.45) is -0.132. The Labute approximate surface area is 180 Å². The summed E-state index contributed by atoms with van der Waals surface area (Å²) in [6, 6.07) is 13.7. The first-order chi connectivity index (χ1) is 14.9. The van der Waals surface area contributed by atoms with Crippen molar-refractivity contribution in [2.75, 3.05) is 11.9 Å². The number of benzene rings is 2. The van der Waals surface area contributed by atoms with E-state index < -0.39 is 11.9 Å². The molecule has 2 aromatic carbocycles. The van der Waals surface area contributed by atoms with Crippen molar-refractivity contribution in [2.45, 2.75) is 38.8 Å². The number of hydrogen-bond donors (Lipinski definition) is 3. The summed E-state index contributed by atoms with van der Waals surface area (Å²) in [5.41, 5.74) is 2.77. The van der Waals surface area contributed by atoms with Gasteiger partial charge in [0.15, 0.2) is 0 Å². The van der Waals surface area contributed by atoms with Gasteiger partial charge >= 0.3 is 0 Å². The minimum atomic E-state index is -0.930. The molecule has 1 aliphatic rings. The first-order valence-corrected chi connectivity index (χ1v) is 10.4. The lowest BCUT2D eigenvalue weighted by Gasteiger charge is -2.15. The first kappa shape index (κ1) is 20.6. The lowest BCUT2D eigenvalue weighted by molar-refractivity contribution is -0.125. The molecule has 0 aliphatic carbocycles. The summed E-state index contributed by atoms with van der Waals surface area (Å²) in [5.74, 6) is 0.120. The molecule has 0 fully saturated rings. The van der Waals surface area contributed by atoms with Crippen molar-refractivity contribution in [2.24, 2.45) is 0 Å². The second kappa shape index (κ2) is 8.59. The lowest BCUT2D eigenvalue weighted by atomic mass is 10.1. The first-order valence-electron chi connectivity index (χ1n) is 10.4. The monoisotopic (exact) mass is 419 g/mol. The number of imidazole rings is 1. The highest BCUT2D eigenvalue weighted by Gasteiger charge is 2.29. The maximum atomic E-state index is 12.5. The predicted molar refractivity (Wildman–Crippen MR) is 118 cm³/mol. The van der Waals surface area contributed by atoms with E-state index in [9.17, 15) is 14.4 Å². The van der Waals surface area contributed by atoms with Gasteiger partial charge < -0.3 is 20.5 Å². The smallest absolute Gasteiger partial charge is 0.254 e. The molecule has 0 unspecified atom stereocenters. The number of rotatable bonds is 6. The van der Waals surface area contributed by atoms with Crippen LogP contribution in [0, 0.1) is 0 Å². The molecular formula is C23H25N5O3. The molecule has 8 heteroatoms. The van der Waals surface area contributed by atoms with Crippen LogP contribution in [-0.2, 0) is 16.1 Å². The quantitative estimate of drug-likeness (QED) is 0.571. The van der Waals surface area contributed by atoms with E-state index in [1.54, 1.807) is 24.3 Å². The Bertz CT molecular complexity index is 1150. The molecule has 3 amide bonds. The summed E-state index contributed by atoms with van der Waals surface area (Å²) in [4.78, 5) is 42.1. The van der Waals surface area contributed by atoms with Crippen molar-refractivity contribution in [3.63, 3.8) is 0 Å². The summed E-state index contributed by atoms with van der Waals surface area (Å²) < 4.78 is 2.11. The molecule has 31 heavy (non-hydrogen) atoms. The Morgan fingerprint density at radius 1 is 1.13 bits per heavy atom. The van der Waals surface area contributed by atoms with E-state index in [0.717, 1.165) is 16.9 Å². The molecular weight excluding hydrogens is 394 g/mol. The third kappa shape index (κ3) is 4.28. The summed E-state index contributed by atoms with van der Waals surface area (Å²) in [5, 5.41) is 8.21. The normalized spacial score (nSPS) is 15.9. The zero-order chi connectivity index (χ0) is 22.0. The Kier molecular flexibility index (Phi) is 5.70. The maximum Gasteiger partial charge on any atom is 0.254 e. The number of aromatic nitrogens is 2. The van der Waals surface area contributed by atoms with Crippen molar-refractivity contribution in [1.29, 1.82) is 0 Å². The van der Waals surface area contributed by atoms with Crippen LogP contribution in [0.4, 0.5) is 5.69 Å². The average molecular weight is 419 g/mol. The number of carbonyl (C=O) groups is 3. The highest BCUT2D eigenvalue weighted by atomic mass is 16.2. The molecule has 4 rings (SSSR count). The second-order valence-corrected chi connectivity index (χ2v) is 7.88. The number of hydrogen-bond acceptors (Lipinski definition) is 4. The zero-order valence-corrected chi connectivity index (χ0v) is 17.5. The number of carbonyl (C=O) groups excluding carboxylic acids is 3. The van der Waals surface area contributed by atoms with Gasteiger partial charge in [0.1, 0.15) is 11.9 Å². The summed E-state index contributed by atoms with van der Waals surface area (Å²) >= 11 is 0. The molecule has 160 valence electrons. The van der Waals surface area contributed by atoms with Crippen LogP contribution in [-0.4, -0.2) is 39.9 Å². The third-order valence-electron chi connectivity index (χ3n) is 5.30. The van der Waals surface area contributed by atoms with Gasteiger partial charge in [-0.3, -0.25) is 14.4 Å². The number of amides is 3. The van der Waals surface area contributed by atoms with Crippen molar-refractivity contribution in [3.05, 3.63) is 59.9 Å². The molecule has 0 saturated carbocycles. The van der Waals surface area contributed by atoms with Gasteiger partial charge in [0, 0.05) is 19.0 Å². The van der Waals surface area contributed by atoms with E-state index >= 15 is 0 Å². The van der Waals surface area contributed by atoms with Crippen LogP contribution in [0.5, 0.6) is 0 Å². The van der Waals surface area contributed by atoms with Gasteiger partial charge in [0.2, 0.25) is 11.8 Å². The van der Waals surface area contributed by atoms with Gasteiger partial charge in [-0.2, -0.15) is 0 Å². The topological polar surface area (TPSA) is 105 Å². The molecule has 1 atom stereocenters. The molecule has 1 aromatic heterocycles. The molecule has 8 nitrogen and oxygen atoms in total. The predicted octanol–water partition coefficient (Wildman–Crippen LogP) is 2.42. The number of para-hydroxylation sites is 3. The van der Waals surface area contributed by atoms with Gasteiger partial charge in [-0.15, -0.1) is 0 Å². The standard InChI is InChI=1S/C23H25N5O3/c1-14(2)21-25-17-9-5-6-10-19(17)28(21)12-11-24-20(29)13-18-23(31)26-16-8-4-3-7-15(16)22(30)27-18/h3-10,14,18H,11-13H2,1-2H3,(H,24,29)(H,26,31)(H,27,30)/t18-/m1/s1. The molecule has 1 aliphatic heterocycles. The van der Waals surface area contributed by atoms with Crippen LogP contribution >= 0.6 is 0 Å². The maximum absolute atomic E-state index is 12.5. The third-order valence-corrected chi connectivity index (χ3v) is 5.30. The Morgan fingerprint density at radius 3 is 2.68 bits per heavy atom. The van der Waals surface area contributed by atoms with Crippen LogP contribution in [0.1, 0.15) is 42.4 Å². The van der Waals surface area contributed by atoms with Crippen LogP contribution in [0.15, 0.2) is 48.5 Å². The van der Waals surface area contributed by atoms with E-state index in [0.29, 0.717) is 24.3 Å². The molecule has 0 spiro atoms.